The summed E-state index contributed by atoms with van der Waals surface area (Å²) in [5, 5.41) is 0.748. The number of hydrogen-bond donors (Lipinski definition) is 0. The van der Waals surface area contributed by atoms with Crippen molar-refractivity contribution in [3.63, 3.8) is 0 Å². The molecule has 2 atom stereocenters. The number of carbonyl (C=O) groups is 1. The first-order valence-electron chi connectivity index (χ1n) is 5.40. The average Bonchev–Trinajstić information content (AvgIpc) is 2.66. The van der Waals surface area contributed by atoms with E-state index in [-0.39, 0.29) is 0 Å². The van der Waals surface area contributed by atoms with E-state index in [9.17, 15) is 13.2 Å². The smallest absolute Gasteiger partial charge is 0.424 e. The summed E-state index contributed by atoms with van der Waals surface area (Å²) in [6.45, 7) is 4.83. The summed E-state index contributed by atoms with van der Waals surface area (Å²) in [4.78, 5) is 11.7. The third-order valence-corrected chi connectivity index (χ3v) is 4.28. The van der Waals surface area contributed by atoms with Crippen LogP contribution in [0.1, 0.15) is 18.6 Å². The number of benzene rings is 1. The zero-order valence-corrected chi connectivity index (χ0v) is 10.6. The van der Waals surface area contributed by atoms with Crippen LogP contribution < -0.4 is 0 Å². The third kappa shape index (κ3) is 1.99. The number of sulfonamides is 1. The molecule has 0 radical (unpaired) electrons. The summed E-state index contributed by atoms with van der Waals surface area (Å²) in [6.07, 6.45) is -1.45. The summed E-state index contributed by atoms with van der Waals surface area (Å²) >= 11 is 0. The molecule has 0 spiro atoms. The minimum Gasteiger partial charge on any atom is -0.438 e. The second kappa shape index (κ2) is 4.45. The molecule has 1 saturated heterocycles. The number of carbonyl (C=O) groups excluding carboxylic acids is 1. The van der Waals surface area contributed by atoms with Gasteiger partial charge in [0, 0.05) is 5.41 Å². The maximum Gasteiger partial charge on any atom is 0.424 e. The Bertz CT molecular complexity index is 567. The molecule has 96 valence electrons. The molecule has 18 heavy (non-hydrogen) atoms. The standard InChI is InChI=1S/C12H13NO4S/c1-3-18(15,16)13-9(2)11(17-12(13)14)10-7-5-4-6-8-10/h3-9,11H,1H2,2H3/t9-,11-/m0/s1. The largest absolute Gasteiger partial charge is 0.438 e. The Morgan fingerprint density at radius 1 is 1.33 bits per heavy atom. The molecule has 1 amide bonds. The van der Waals surface area contributed by atoms with Crippen LogP contribution in [0.25, 0.3) is 0 Å². The summed E-state index contributed by atoms with van der Waals surface area (Å²) in [6, 6.07) is 8.43. The summed E-state index contributed by atoms with van der Waals surface area (Å²) < 4.78 is 29.3. The van der Waals surface area contributed by atoms with Gasteiger partial charge >= 0.3 is 6.09 Å². The predicted octanol–water partition coefficient (Wildman–Crippen LogP) is 2.04. The fourth-order valence-electron chi connectivity index (χ4n) is 1.95. The Labute approximate surface area is 106 Å². The lowest BCUT2D eigenvalue weighted by atomic mass is 10.0. The molecule has 0 aliphatic carbocycles. The van der Waals surface area contributed by atoms with Crippen LogP contribution >= 0.6 is 0 Å². The summed E-state index contributed by atoms with van der Waals surface area (Å²) in [5.74, 6) is 0. The highest BCUT2D eigenvalue weighted by Gasteiger charge is 2.45. The van der Waals surface area contributed by atoms with Crippen LogP contribution in [0.2, 0.25) is 0 Å². The number of ether oxygens (including phenoxy) is 1. The van der Waals surface area contributed by atoms with Gasteiger partial charge in [-0.15, -0.1) is 0 Å². The van der Waals surface area contributed by atoms with E-state index in [1.165, 1.54) is 0 Å². The lowest BCUT2D eigenvalue weighted by Crippen LogP contribution is -2.36. The van der Waals surface area contributed by atoms with Crippen LogP contribution in [-0.2, 0) is 14.8 Å². The van der Waals surface area contributed by atoms with Crippen LogP contribution in [-0.4, -0.2) is 24.9 Å². The van der Waals surface area contributed by atoms with Crippen LogP contribution in [0, 0.1) is 0 Å². The molecular formula is C12H13NO4S. The van der Waals surface area contributed by atoms with Crippen molar-refractivity contribution in [2.24, 2.45) is 0 Å². The highest BCUT2D eigenvalue weighted by atomic mass is 32.2. The molecule has 1 fully saturated rings. The van der Waals surface area contributed by atoms with Gasteiger partial charge in [0.25, 0.3) is 10.0 Å². The molecule has 0 unspecified atom stereocenters. The van der Waals surface area contributed by atoms with Crippen molar-refractivity contribution in [2.75, 3.05) is 0 Å². The maximum absolute atomic E-state index is 11.7. The van der Waals surface area contributed by atoms with E-state index in [0.717, 1.165) is 15.3 Å². The van der Waals surface area contributed by atoms with E-state index in [2.05, 4.69) is 6.58 Å². The number of hydrogen-bond acceptors (Lipinski definition) is 4. The van der Waals surface area contributed by atoms with E-state index in [1.807, 2.05) is 6.07 Å². The molecule has 0 N–H and O–H groups in total. The Kier molecular flexibility index (Phi) is 3.13. The van der Waals surface area contributed by atoms with E-state index in [0.29, 0.717) is 0 Å². The highest BCUT2D eigenvalue weighted by Crippen LogP contribution is 2.34. The van der Waals surface area contributed by atoms with Crippen LogP contribution in [0.15, 0.2) is 42.3 Å². The normalized spacial score (nSPS) is 23.8. The fourth-order valence-corrected chi connectivity index (χ4v) is 2.94. The predicted molar refractivity (Wildman–Crippen MR) is 66.1 cm³/mol. The zero-order chi connectivity index (χ0) is 13.3. The van der Waals surface area contributed by atoms with Gasteiger partial charge in [-0.3, -0.25) is 0 Å². The third-order valence-electron chi connectivity index (χ3n) is 2.83. The van der Waals surface area contributed by atoms with Gasteiger partial charge in [0.2, 0.25) is 0 Å². The molecule has 1 heterocycles. The highest BCUT2D eigenvalue weighted by molar-refractivity contribution is 7.92. The van der Waals surface area contributed by atoms with E-state index < -0.39 is 28.3 Å². The first kappa shape index (κ1) is 12.6. The van der Waals surface area contributed by atoms with Crippen molar-refractivity contribution in [3.8, 4) is 0 Å². The van der Waals surface area contributed by atoms with Gasteiger partial charge < -0.3 is 4.74 Å². The minimum atomic E-state index is -3.81. The number of cyclic esters (lactones) is 1. The SMILES string of the molecule is C=CS(=O)(=O)N1C(=O)O[C@H](c2ccccc2)[C@@H]1C. The molecule has 6 heteroatoms. The summed E-state index contributed by atoms with van der Waals surface area (Å²) in [7, 11) is -3.81. The van der Waals surface area contributed by atoms with Crippen molar-refractivity contribution in [1.82, 2.24) is 4.31 Å². The topological polar surface area (TPSA) is 63.7 Å². The molecule has 1 aliphatic rings. The molecule has 0 saturated carbocycles. The zero-order valence-electron chi connectivity index (χ0n) is 9.81. The van der Waals surface area contributed by atoms with Gasteiger partial charge in [0.1, 0.15) is 0 Å². The van der Waals surface area contributed by atoms with E-state index in [4.69, 9.17) is 4.74 Å². The average molecular weight is 267 g/mol. The van der Waals surface area contributed by atoms with Gasteiger partial charge in [0.15, 0.2) is 6.10 Å². The Balaban J connectivity index is 2.36. The molecule has 0 aromatic heterocycles. The Morgan fingerprint density at radius 3 is 2.50 bits per heavy atom. The van der Waals surface area contributed by atoms with Crippen LogP contribution in [0.3, 0.4) is 0 Å². The Morgan fingerprint density at radius 2 is 1.94 bits per heavy atom. The van der Waals surface area contributed by atoms with Gasteiger partial charge in [-0.25, -0.2) is 13.2 Å². The molecular weight excluding hydrogens is 254 g/mol. The van der Waals surface area contributed by atoms with Gasteiger partial charge in [-0.05, 0) is 12.5 Å². The van der Waals surface area contributed by atoms with Crippen molar-refractivity contribution >= 4 is 16.1 Å². The minimum absolute atomic E-state index is 0.589. The quantitative estimate of drug-likeness (QED) is 0.840. The van der Waals surface area contributed by atoms with Crippen molar-refractivity contribution in [2.45, 2.75) is 19.1 Å². The first-order chi connectivity index (χ1) is 8.47. The van der Waals surface area contributed by atoms with Gasteiger partial charge in [0.05, 0.1) is 6.04 Å². The van der Waals surface area contributed by atoms with Crippen molar-refractivity contribution in [1.29, 1.82) is 0 Å². The number of nitrogens with zero attached hydrogens (tertiary/aromatic N) is 1. The van der Waals surface area contributed by atoms with Crippen LogP contribution in [0.4, 0.5) is 4.79 Å². The lowest BCUT2D eigenvalue weighted by Gasteiger charge is -2.18. The van der Waals surface area contributed by atoms with Crippen LogP contribution in [0.5, 0.6) is 0 Å². The van der Waals surface area contributed by atoms with Gasteiger partial charge in [-0.2, -0.15) is 4.31 Å². The molecule has 1 aromatic rings. The molecule has 1 aliphatic heterocycles. The molecule has 2 rings (SSSR count). The van der Waals surface area contributed by atoms with Crippen molar-refractivity contribution in [3.05, 3.63) is 47.9 Å². The van der Waals surface area contributed by atoms with E-state index >= 15 is 0 Å². The molecule has 0 bridgehead atoms. The second-order valence-corrected chi connectivity index (χ2v) is 5.72. The number of rotatable bonds is 3. The molecule has 5 nitrogen and oxygen atoms in total. The lowest BCUT2D eigenvalue weighted by molar-refractivity contribution is 0.133. The molecule has 1 aromatic carbocycles. The van der Waals surface area contributed by atoms with Gasteiger partial charge in [-0.1, -0.05) is 36.9 Å². The maximum atomic E-state index is 11.7. The summed E-state index contributed by atoms with van der Waals surface area (Å²) in [5.41, 5.74) is 0.764. The first-order valence-corrected chi connectivity index (χ1v) is 6.90. The fraction of sp³-hybridized carbons (Fsp3) is 0.250. The second-order valence-electron chi connectivity index (χ2n) is 3.96. The Hall–Kier alpha value is -1.82. The van der Waals surface area contributed by atoms with E-state index in [1.54, 1.807) is 31.2 Å². The number of amides is 1. The van der Waals surface area contributed by atoms with Crippen molar-refractivity contribution < 1.29 is 17.9 Å². The monoisotopic (exact) mass is 267 g/mol.